The average molecular weight is 310 g/mol. The number of carbonyl (C=O) groups is 1. The van der Waals surface area contributed by atoms with E-state index in [9.17, 15) is 9.90 Å². The summed E-state index contributed by atoms with van der Waals surface area (Å²) in [6.45, 7) is 5.34. The van der Waals surface area contributed by atoms with E-state index >= 15 is 0 Å². The van der Waals surface area contributed by atoms with E-state index < -0.39 is 5.60 Å². The summed E-state index contributed by atoms with van der Waals surface area (Å²) in [5.41, 5.74) is -0.762. The van der Waals surface area contributed by atoms with E-state index in [4.69, 9.17) is 4.74 Å². The molecule has 0 aliphatic carbocycles. The standard InChI is InChI=1S/C17H30N2O3/c1-2-3-6-15-7-4-11-19(13-15)16(20)18-10-9-17(21)8-5-12-22-14-17/h2-3,15,21H,4-14H2,1H3,(H,18,20)/b3-2+. The highest BCUT2D eigenvalue weighted by atomic mass is 16.5. The first-order chi connectivity index (χ1) is 10.6. The van der Waals surface area contributed by atoms with E-state index in [1.165, 1.54) is 6.42 Å². The van der Waals surface area contributed by atoms with Crippen molar-refractivity contribution in [1.29, 1.82) is 0 Å². The van der Waals surface area contributed by atoms with Crippen LogP contribution in [0.15, 0.2) is 12.2 Å². The van der Waals surface area contributed by atoms with Gasteiger partial charge in [0.25, 0.3) is 0 Å². The number of likely N-dealkylation sites (tertiary alicyclic amines) is 1. The second-order valence-corrected chi connectivity index (χ2v) is 6.62. The molecule has 0 aromatic carbocycles. The summed E-state index contributed by atoms with van der Waals surface area (Å²) in [7, 11) is 0. The number of hydrogen-bond acceptors (Lipinski definition) is 3. The van der Waals surface area contributed by atoms with Gasteiger partial charge in [-0.15, -0.1) is 0 Å². The number of nitrogens with zero attached hydrogens (tertiary/aromatic N) is 1. The van der Waals surface area contributed by atoms with E-state index in [0.29, 0.717) is 25.5 Å². The summed E-state index contributed by atoms with van der Waals surface area (Å²) in [5, 5.41) is 13.3. The third-order valence-electron chi connectivity index (χ3n) is 4.68. The Hall–Kier alpha value is -1.07. The molecule has 2 aliphatic heterocycles. The Morgan fingerprint density at radius 3 is 3.09 bits per heavy atom. The molecule has 0 aromatic heterocycles. The Kier molecular flexibility index (Phi) is 6.70. The van der Waals surface area contributed by atoms with Crippen LogP contribution in [0.1, 0.15) is 45.4 Å². The zero-order valence-electron chi connectivity index (χ0n) is 13.7. The van der Waals surface area contributed by atoms with Gasteiger partial charge in [0, 0.05) is 26.2 Å². The molecule has 5 heteroatoms. The van der Waals surface area contributed by atoms with Crippen LogP contribution < -0.4 is 5.32 Å². The molecule has 2 aliphatic rings. The molecule has 5 nitrogen and oxygen atoms in total. The summed E-state index contributed by atoms with van der Waals surface area (Å²) < 4.78 is 5.33. The molecule has 2 unspecified atom stereocenters. The lowest BCUT2D eigenvalue weighted by Gasteiger charge is -2.34. The average Bonchev–Trinajstić information content (AvgIpc) is 2.53. The zero-order chi connectivity index (χ0) is 15.8. The molecule has 2 heterocycles. The van der Waals surface area contributed by atoms with Gasteiger partial charge in [0.1, 0.15) is 0 Å². The fraction of sp³-hybridized carbons (Fsp3) is 0.824. The molecule has 2 fully saturated rings. The van der Waals surface area contributed by atoms with Crippen LogP contribution in [0.5, 0.6) is 0 Å². The molecular weight excluding hydrogens is 280 g/mol. The van der Waals surface area contributed by atoms with Crippen molar-refractivity contribution in [3.63, 3.8) is 0 Å². The Morgan fingerprint density at radius 2 is 2.36 bits per heavy atom. The molecule has 0 aromatic rings. The fourth-order valence-electron chi connectivity index (χ4n) is 3.32. The summed E-state index contributed by atoms with van der Waals surface area (Å²) in [4.78, 5) is 14.2. The van der Waals surface area contributed by atoms with Gasteiger partial charge < -0.3 is 20.1 Å². The smallest absolute Gasteiger partial charge is 0.317 e. The summed E-state index contributed by atoms with van der Waals surface area (Å²) in [6.07, 6.45) is 9.81. The van der Waals surface area contributed by atoms with E-state index in [0.717, 1.165) is 45.4 Å². The number of urea groups is 1. The SMILES string of the molecule is C/C=C/CC1CCCN(C(=O)NCCC2(O)CCCOC2)C1. The van der Waals surface area contributed by atoms with Crippen molar-refractivity contribution in [2.24, 2.45) is 5.92 Å². The highest BCUT2D eigenvalue weighted by Crippen LogP contribution is 2.22. The lowest BCUT2D eigenvalue weighted by molar-refractivity contribution is -0.0887. The maximum atomic E-state index is 12.2. The van der Waals surface area contributed by atoms with Crippen LogP contribution in [-0.2, 0) is 4.74 Å². The third-order valence-corrected chi connectivity index (χ3v) is 4.68. The highest BCUT2D eigenvalue weighted by molar-refractivity contribution is 5.74. The quantitative estimate of drug-likeness (QED) is 0.766. The molecule has 2 atom stereocenters. The molecule has 22 heavy (non-hydrogen) atoms. The Bertz CT molecular complexity index is 378. The molecule has 2 saturated heterocycles. The van der Waals surface area contributed by atoms with Crippen LogP contribution in [0.2, 0.25) is 0 Å². The van der Waals surface area contributed by atoms with Crippen LogP contribution in [0.25, 0.3) is 0 Å². The number of rotatable bonds is 5. The van der Waals surface area contributed by atoms with Crippen LogP contribution in [0, 0.1) is 5.92 Å². The second kappa shape index (κ2) is 8.53. The first kappa shape index (κ1) is 17.3. The van der Waals surface area contributed by atoms with Crippen molar-refractivity contribution >= 4 is 6.03 Å². The van der Waals surface area contributed by atoms with Crippen molar-refractivity contribution in [1.82, 2.24) is 10.2 Å². The van der Waals surface area contributed by atoms with Crippen molar-refractivity contribution < 1.29 is 14.6 Å². The summed E-state index contributed by atoms with van der Waals surface area (Å²) in [6, 6.07) is 0.00510. The van der Waals surface area contributed by atoms with Crippen molar-refractivity contribution in [3.8, 4) is 0 Å². The molecule has 0 saturated carbocycles. The topological polar surface area (TPSA) is 61.8 Å². The zero-order valence-corrected chi connectivity index (χ0v) is 13.7. The molecule has 2 amide bonds. The van der Waals surface area contributed by atoms with E-state index in [1.807, 2.05) is 11.8 Å². The number of nitrogens with one attached hydrogen (secondary N) is 1. The number of ether oxygens (including phenoxy) is 1. The molecule has 0 bridgehead atoms. The lowest BCUT2D eigenvalue weighted by Crippen LogP contribution is -2.47. The highest BCUT2D eigenvalue weighted by Gasteiger charge is 2.30. The van der Waals surface area contributed by atoms with Gasteiger partial charge in [-0.1, -0.05) is 12.2 Å². The van der Waals surface area contributed by atoms with Crippen molar-refractivity contribution in [2.75, 3.05) is 32.8 Å². The largest absolute Gasteiger partial charge is 0.387 e. The minimum atomic E-state index is -0.762. The van der Waals surface area contributed by atoms with Gasteiger partial charge >= 0.3 is 6.03 Å². The number of allylic oxidation sites excluding steroid dienone is 2. The number of aliphatic hydroxyl groups is 1. The molecule has 2 N–H and O–H groups in total. The summed E-state index contributed by atoms with van der Waals surface area (Å²) >= 11 is 0. The van der Waals surface area contributed by atoms with Crippen LogP contribution >= 0.6 is 0 Å². The molecule has 2 rings (SSSR count). The van der Waals surface area contributed by atoms with Gasteiger partial charge in [-0.05, 0) is 51.4 Å². The number of carbonyl (C=O) groups excluding carboxylic acids is 1. The van der Waals surface area contributed by atoms with Gasteiger partial charge in [0.15, 0.2) is 0 Å². The van der Waals surface area contributed by atoms with Crippen molar-refractivity contribution in [3.05, 3.63) is 12.2 Å². The molecule has 0 spiro atoms. The normalized spacial score (nSPS) is 29.7. The lowest BCUT2D eigenvalue weighted by atomic mass is 9.93. The van der Waals surface area contributed by atoms with Gasteiger partial charge in [-0.25, -0.2) is 4.79 Å². The van der Waals surface area contributed by atoms with Gasteiger partial charge in [-0.2, -0.15) is 0 Å². The first-order valence-corrected chi connectivity index (χ1v) is 8.57. The van der Waals surface area contributed by atoms with Crippen molar-refractivity contribution in [2.45, 2.75) is 51.0 Å². The second-order valence-electron chi connectivity index (χ2n) is 6.62. The minimum Gasteiger partial charge on any atom is -0.387 e. The van der Waals surface area contributed by atoms with Gasteiger partial charge in [0.05, 0.1) is 12.2 Å². The number of piperidine rings is 1. The number of amides is 2. The predicted octanol–water partition coefficient (Wildman–Crippen LogP) is 2.31. The van der Waals surface area contributed by atoms with E-state index in [1.54, 1.807) is 0 Å². The van der Waals surface area contributed by atoms with Crippen LogP contribution in [0.4, 0.5) is 4.79 Å². The molecule has 126 valence electrons. The minimum absolute atomic E-state index is 0.00510. The van der Waals surface area contributed by atoms with Crippen LogP contribution in [-0.4, -0.2) is 54.5 Å². The van der Waals surface area contributed by atoms with E-state index in [-0.39, 0.29) is 6.03 Å². The predicted molar refractivity (Wildman–Crippen MR) is 86.7 cm³/mol. The Morgan fingerprint density at radius 1 is 1.50 bits per heavy atom. The summed E-state index contributed by atoms with van der Waals surface area (Å²) in [5.74, 6) is 0.576. The van der Waals surface area contributed by atoms with Crippen LogP contribution in [0.3, 0.4) is 0 Å². The molecular formula is C17H30N2O3. The monoisotopic (exact) mass is 310 g/mol. The Balaban J connectivity index is 1.70. The number of hydrogen-bond donors (Lipinski definition) is 2. The fourth-order valence-corrected chi connectivity index (χ4v) is 3.32. The van der Waals surface area contributed by atoms with Gasteiger partial charge in [-0.3, -0.25) is 0 Å². The maximum Gasteiger partial charge on any atom is 0.317 e. The Labute approximate surface area is 133 Å². The third kappa shape index (κ3) is 5.29. The van der Waals surface area contributed by atoms with E-state index in [2.05, 4.69) is 17.5 Å². The maximum absolute atomic E-state index is 12.2. The van der Waals surface area contributed by atoms with Gasteiger partial charge in [0.2, 0.25) is 0 Å². The molecule has 0 radical (unpaired) electrons. The first-order valence-electron chi connectivity index (χ1n) is 8.57.